The molecule has 3 unspecified atom stereocenters. The van der Waals surface area contributed by atoms with Crippen molar-refractivity contribution in [2.45, 2.75) is 63.1 Å². The Morgan fingerprint density at radius 1 is 1.00 bits per heavy atom. The van der Waals surface area contributed by atoms with E-state index in [1.807, 2.05) is 0 Å². The van der Waals surface area contributed by atoms with Crippen LogP contribution >= 0.6 is 0 Å². The van der Waals surface area contributed by atoms with Gasteiger partial charge in [-0.1, -0.05) is 0 Å². The van der Waals surface area contributed by atoms with E-state index >= 15 is 0 Å². The number of likely N-dealkylation sites (tertiary alicyclic amines) is 1. The number of unbranched alkanes of at least 4 members (excludes halogenated alkanes) is 1. The van der Waals surface area contributed by atoms with Gasteiger partial charge in [-0.2, -0.15) is 0 Å². The SMILES string of the molecule is NCCCCC(NC(=O)CN)C(=O)N1CCCC1C(=O)NC(CCC(=O)O)C(=O)O. The number of nitrogens with zero attached hydrogens (tertiary/aromatic N) is 1. The maximum atomic E-state index is 13.0. The summed E-state index contributed by atoms with van der Waals surface area (Å²) in [5.41, 5.74) is 10.8. The fourth-order valence-corrected chi connectivity index (χ4v) is 3.30. The molecule has 1 aliphatic rings. The first-order valence-corrected chi connectivity index (χ1v) is 9.96. The Kier molecular flexibility index (Phi) is 10.8. The van der Waals surface area contributed by atoms with E-state index in [0.29, 0.717) is 38.6 Å². The van der Waals surface area contributed by atoms with E-state index in [-0.39, 0.29) is 19.5 Å². The highest BCUT2D eigenvalue weighted by atomic mass is 16.4. The number of amides is 3. The highest BCUT2D eigenvalue weighted by molar-refractivity contribution is 5.94. The number of nitrogens with two attached hydrogens (primary N) is 2. The van der Waals surface area contributed by atoms with Crippen LogP contribution in [-0.2, 0) is 24.0 Å². The van der Waals surface area contributed by atoms with E-state index in [4.69, 9.17) is 16.6 Å². The van der Waals surface area contributed by atoms with Gasteiger partial charge in [0.2, 0.25) is 17.7 Å². The van der Waals surface area contributed by atoms with Gasteiger partial charge in [-0.25, -0.2) is 4.79 Å². The highest BCUT2D eigenvalue weighted by Gasteiger charge is 2.38. The van der Waals surface area contributed by atoms with Gasteiger partial charge < -0.3 is 37.2 Å². The van der Waals surface area contributed by atoms with Crippen molar-refractivity contribution in [2.75, 3.05) is 19.6 Å². The van der Waals surface area contributed by atoms with Gasteiger partial charge in [0.15, 0.2) is 0 Å². The molecule has 30 heavy (non-hydrogen) atoms. The number of hydrogen-bond donors (Lipinski definition) is 6. The number of carboxylic acids is 2. The van der Waals surface area contributed by atoms with Crippen molar-refractivity contribution < 1.29 is 34.2 Å². The summed E-state index contributed by atoms with van der Waals surface area (Å²) in [5, 5.41) is 22.9. The lowest BCUT2D eigenvalue weighted by Crippen LogP contribution is -2.55. The summed E-state index contributed by atoms with van der Waals surface area (Å²) < 4.78 is 0. The smallest absolute Gasteiger partial charge is 0.326 e. The van der Waals surface area contributed by atoms with Crippen LogP contribution in [0.2, 0.25) is 0 Å². The molecule has 0 aromatic carbocycles. The summed E-state index contributed by atoms with van der Waals surface area (Å²) in [4.78, 5) is 60.7. The van der Waals surface area contributed by atoms with E-state index in [0.717, 1.165) is 0 Å². The Balaban J connectivity index is 2.85. The van der Waals surface area contributed by atoms with Crippen LogP contribution in [0.1, 0.15) is 44.9 Å². The summed E-state index contributed by atoms with van der Waals surface area (Å²) in [7, 11) is 0. The molecular formula is C18H31N5O7. The molecule has 12 nitrogen and oxygen atoms in total. The third kappa shape index (κ3) is 7.95. The number of carbonyl (C=O) groups is 5. The van der Waals surface area contributed by atoms with Gasteiger partial charge in [-0.15, -0.1) is 0 Å². The molecule has 0 aromatic heterocycles. The summed E-state index contributed by atoms with van der Waals surface area (Å²) in [6, 6.07) is -3.12. The molecule has 1 aliphatic heterocycles. The number of carboxylic acid groups (broad SMARTS) is 2. The van der Waals surface area contributed by atoms with Gasteiger partial charge in [0, 0.05) is 13.0 Å². The largest absolute Gasteiger partial charge is 0.481 e. The minimum atomic E-state index is -1.37. The van der Waals surface area contributed by atoms with Crippen molar-refractivity contribution >= 4 is 29.7 Å². The first-order chi connectivity index (χ1) is 14.2. The van der Waals surface area contributed by atoms with Crippen LogP contribution in [0, 0.1) is 0 Å². The van der Waals surface area contributed by atoms with E-state index in [1.165, 1.54) is 4.90 Å². The zero-order valence-corrected chi connectivity index (χ0v) is 16.8. The summed E-state index contributed by atoms with van der Waals surface area (Å²) >= 11 is 0. The molecule has 1 heterocycles. The second kappa shape index (κ2) is 12.8. The molecule has 170 valence electrons. The minimum absolute atomic E-state index is 0.272. The summed E-state index contributed by atoms with van der Waals surface area (Å²) in [6.45, 7) is 0.442. The lowest BCUT2D eigenvalue weighted by Gasteiger charge is -2.29. The fraction of sp³-hybridized carbons (Fsp3) is 0.722. The van der Waals surface area contributed by atoms with Crippen LogP contribution < -0.4 is 22.1 Å². The van der Waals surface area contributed by atoms with E-state index in [9.17, 15) is 29.1 Å². The first kappa shape index (κ1) is 25.3. The normalized spacial score (nSPS) is 17.8. The quantitative estimate of drug-likeness (QED) is 0.178. The number of hydrogen-bond acceptors (Lipinski definition) is 7. The van der Waals surface area contributed by atoms with E-state index in [2.05, 4.69) is 10.6 Å². The van der Waals surface area contributed by atoms with Gasteiger partial charge in [0.25, 0.3) is 0 Å². The van der Waals surface area contributed by atoms with Crippen LogP contribution in [-0.4, -0.2) is 82.5 Å². The third-order valence-electron chi connectivity index (χ3n) is 4.87. The molecule has 3 atom stereocenters. The fourth-order valence-electron chi connectivity index (χ4n) is 3.30. The zero-order valence-electron chi connectivity index (χ0n) is 16.8. The molecule has 1 fully saturated rings. The third-order valence-corrected chi connectivity index (χ3v) is 4.87. The molecule has 3 amide bonds. The van der Waals surface area contributed by atoms with Gasteiger partial charge in [-0.3, -0.25) is 19.2 Å². The van der Waals surface area contributed by atoms with Crippen LogP contribution in [0.15, 0.2) is 0 Å². The number of nitrogens with one attached hydrogen (secondary N) is 2. The highest BCUT2D eigenvalue weighted by Crippen LogP contribution is 2.20. The Morgan fingerprint density at radius 3 is 2.27 bits per heavy atom. The van der Waals surface area contributed by atoms with Gasteiger partial charge in [0.05, 0.1) is 6.54 Å². The van der Waals surface area contributed by atoms with Crippen LogP contribution in [0.5, 0.6) is 0 Å². The predicted octanol–water partition coefficient (Wildman–Crippen LogP) is -2.02. The molecule has 0 aliphatic carbocycles. The van der Waals surface area contributed by atoms with Crippen molar-refractivity contribution in [3.8, 4) is 0 Å². The molecule has 0 radical (unpaired) electrons. The number of rotatable bonds is 13. The van der Waals surface area contributed by atoms with Crippen molar-refractivity contribution in [3.05, 3.63) is 0 Å². The standard InChI is InChI=1S/C18H31N5O7/c19-8-2-1-4-11(21-14(24)10-20)17(28)23-9-3-5-13(23)16(27)22-12(18(29)30)6-7-15(25)26/h11-13H,1-10,19-20H2,(H,21,24)(H,22,27)(H,25,26)(H,29,30). The lowest BCUT2D eigenvalue weighted by atomic mass is 10.1. The average Bonchev–Trinajstić information content (AvgIpc) is 3.19. The van der Waals surface area contributed by atoms with Gasteiger partial charge >= 0.3 is 11.9 Å². The summed E-state index contributed by atoms with van der Waals surface area (Å²) in [6.07, 6.45) is 1.78. The maximum Gasteiger partial charge on any atom is 0.326 e. The Labute approximate surface area is 174 Å². The Morgan fingerprint density at radius 2 is 1.70 bits per heavy atom. The molecule has 1 rings (SSSR count). The number of aliphatic carboxylic acids is 2. The predicted molar refractivity (Wildman–Crippen MR) is 105 cm³/mol. The van der Waals surface area contributed by atoms with Crippen LogP contribution in [0.3, 0.4) is 0 Å². The molecule has 0 spiro atoms. The van der Waals surface area contributed by atoms with Crippen LogP contribution in [0.25, 0.3) is 0 Å². The van der Waals surface area contributed by atoms with E-state index in [1.54, 1.807) is 0 Å². The van der Waals surface area contributed by atoms with Gasteiger partial charge in [-0.05, 0) is 45.1 Å². The Hall–Kier alpha value is -2.73. The molecule has 0 bridgehead atoms. The van der Waals surface area contributed by atoms with Crippen molar-refractivity contribution in [1.29, 1.82) is 0 Å². The molecule has 0 saturated carbocycles. The van der Waals surface area contributed by atoms with Crippen molar-refractivity contribution in [2.24, 2.45) is 11.5 Å². The average molecular weight is 429 g/mol. The van der Waals surface area contributed by atoms with Crippen molar-refractivity contribution in [1.82, 2.24) is 15.5 Å². The van der Waals surface area contributed by atoms with E-state index < -0.39 is 54.2 Å². The first-order valence-electron chi connectivity index (χ1n) is 9.96. The second-order valence-corrected chi connectivity index (χ2v) is 7.13. The molecule has 12 heteroatoms. The monoisotopic (exact) mass is 429 g/mol. The maximum absolute atomic E-state index is 13.0. The molecular weight excluding hydrogens is 398 g/mol. The lowest BCUT2D eigenvalue weighted by molar-refractivity contribution is -0.145. The van der Waals surface area contributed by atoms with Crippen LogP contribution in [0.4, 0.5) is 0 Å². The number of carbonyl (C=O) groups excluding carboxylic acids is 3. The molecule has 0 aromatic rings. The summed E-state index contributed by atoms with van der Waals surface area (Å²) in [5.74, 6) is -4.13. The molecule has 1 saturated heterocycles. The zero-order chi connectivity index (χ0) is 22.7. The Bertz CT molecular complexity index is 642. The van der Waals surface area contributed by atoms with Crippen molar-refractivity contribution in [3.63, 3.8) is 0 Å². The second-order valence-electron chi connectivity index (χ2n) is 7.13. The van der Waals surface area contributed by atoms with Gasteiger partial charge in [0.1, 0.15) is 18.1 Å². The minimum Gasteiger partial charge on any atom is -0.481 e. The molecule has 8 N–H and O–H groups in total. The topological polar surface area (TPSA) is 205 Å².